The maximum Gasteiger partial charge on any atom is 0.303 e. The van der Waals surface area contributed by atoms with Crippen molar-refractivity contribution in [1.29, 1.82) is 0 Å². The summed E-state index contributed by atoms with van der Waals surface area (Å²) in [4.78, 5) is 20.1. The maximum atomic E-state index is 11.8. The van der Waals surface area contributed by atoms with E-state index in [4.69, 9.17) is 5.11 Å². The first-order valence-corrected chi connectivity index (χ1v) is 10.5. The summed E-state index contributed by atoms with van der Waals surface area (Å²) in [6.07, 6.45) is 12.9. The van der Waals surface area contributed by atoms with E-state index in [1.54, 1.807) is 0 Å². The number of carboxylic acids is 1. The van der Waals surface area contributed by atoms with E-state index in [1.165, 1.54) is 44.9 Å². The lowest BCUT2D eigenvalue weighted by atomic mass is 10.1. The third-order valence-corrected chi connectivity index (χ3v) is 5.79. The summed E-state index contributed by atoms with van der Waals surface area (Å²) in [7, 11) is -3.09. The molecule has 0 amide bonds. The van der Waals surface area contributed by atoms with Crippen molar-refractivity contribution in [3.05, 3.63) is 0 Å². The van der Waals surface area contributed by atoms with Crippen molar-refractivity contribution in [3.63, 3.8) is 0 Å². The first kappa shape index (κ1) is 20.7. The minimum Gasteiger partial charge on any atom is -0.481 e. The second-order valence-corrected chi connectivity index (χ2v) is 8.56. The van der Waals surface area contributed by atoms with E-state index < -0.39 is 13.3 Å². The van der Waals surface area contributed by atoms with E-state index in [0.717, 1.165) is 19.3 Å². The second-order valence-electron chi connectivity index (χ2n) is 5.97. The molecule has 5 heteroatoms. The fraction of sp³-hybridized carbons (Fsp3) is 0.938. The average Bonchev–Trinajstić information content (AvgIpc) is 2.40. The number of hydrogen-bond acceptors (Lipinski definition) is 2. The summed E-state index contributed by atoms with van der Waals surface area (Å²) in [6, 6.07) is 0. The number of hydrogen-bond donors (Lipinski definition) is 2. The molecule has 0 saturated heterocycles. The van der Waals surface area contributed by atoms with Crippen LogP contribution in [0, 0.1) is 0 Å². The molecule has 0 aromatic rings. The summed E-state index contributed by atoms with van der Waals surface area (Å²) in [5.41, 5.74) is 0. The minimum atomic E-state index is -3.09. The smallest absolute Gasteiger partial charge is 0.303 e. The third-order valence-electron chi connectivity index (χ3n) is 3.76. The van der Waals surface area contributed by atoms with Gasteiger partial charge in [0.1, 0.15) is 0 Å². The van der Waals surface area contributed by atoms with Gasteiger partial charge in [-0.25, -0.2) is 0 Å². The Labute approximate surface area is 129 Å². The number of rotatable bonds is 15. The number of carboxylic acid groups (broad SMARTS) is 1. The highest BCUT2D eigenvalue weighted by molar-refractivity contribution is 7.57. The van der Waals surface area contributed by atoms with Crippen LogP contribution >= 0.6 is 7.37 Å². The fourth-order valence-electron chi connectivity index (χ4n) is 2.44. The van der Waals surface area contributed by atoms with Crippen LogP contribution in [0.1, 0.15) is 84.0 Å². The first-order chi connectivity index (χ1) is 9.98. The lowest BCUT2D eigenvalue weighted by molar-refractivity contribution is -0.137. The van der Waals surface area contributed by atoms with Gasteiger partial charge in [-0.2, -0.15) is 0 Å². The van der Waals surface area contributed by atoms with Crippen LogP contribution in [0.4, 0.5) is 0 Å². The van der Waals surface area contributed by atoms with Gasteiger partial charge in [-0.1, -0.05) is 64.7 Å². The molecule has 0 fully saturated rings. The van der Waals surface area contributed by atoms with Crippen LogP contribution in [-0.4, -0.2) is 28.3 Å². The second kappa shape index (κ2) is 13.3. The van der Waals surface area contributed by atoms with E-state index >= 15 is 0 Å². The van der Waals surface area contributed by atoms with E-state index in [-0.39, 0.29) is 12.6 Å². The Balaban J connectivity index is 3.36. The van der Waals surface area contributed by atoms with Crippen molar-refractivity contribution in [2.45, 2.75) is 84.0 Å². The van der Waals surface area contributed by atoms with E-state index in [9.17, 15) is 14.3 Å². The molecule has 1 atom stereocenters. The van der Waals surface area contributed by atoms with Gasteiger partial charge < -0.3 is 10.00 Å². The molecule has 21 heavy (non-hydrogen) atoms. The van der Waals surface area contributed by atoms with Gasteiger partial charge in [0.25, 0.3) is 0 Å². The van der Waals surface area contributed by atoms with Gasteiger partial charge in [-0.15, -0.1) is 0 Å². The number of carbonyl (C=O) groups is 1. The maximum absolute atomic E-state index is 11.8. The summed E-state index contributed by atoms with van der Waals surface area (Å²) in [5.74, 6) is -0.895. The summed E-state index contributed by atoms with van der Waals surface area (Å²) < 4.78 is 11.8. The predicted molar refractivity (Wildman–Crippen MR) is 88.3 cm³/mol. The predicted octanol–water partition coefficient (Wildman–Crippen LogP) is 5.04. The summed E-state index contributed by atoms with van der Waals surface area (Å²) in [5, 5.41) is 8.50. The molecule has 0 aromatic heterocycles. The largest absolute Gasteiger partial charge is 0.481 e. The normalized spacial score (nSPS) is 14.0. The molecule has 0 aliphatic heterocycles. The van der Waals surface area contributed by atoms with Crippen molar-refractivity contribution >= 4 is 13.3 Å². The molecule has 126 valence electrons. The molecule has 0 rings (SSSR count). The standard InChI is InChI=1S/C16H33O4P/c1-2-3-4-5-6-7-8-9-10-11-14-21(19,20)15-12-13-16(17)18/h2-15H2,1H3,(H,17,18)(H,19,20). The highest BCUT2D eigenvalue weighted by Crippen LogP contribution is 2.42. The van der Waals surface area contributed by atoms with Crippen LogP contribution < -0.4 is 0 Å². The van der Waals surface area contributed by atoms with Crippen LogP contribution in [0.5, 0.6) is 0 Å². The first-order valence-electron chi connectivity index (χ1n) is 8.50. The molecular weight excluding hydrogens is 287 g/mol. The van der Waals surface area contributed by atoms with Gasteiger partial charge in [-0.3, -0.25) is 9.36 Å². The van der Waals surface area contributed by atoms with Crippen molar-refractivity contribution in [2.24, 2.45) is 0 Å². The zero-order valence-electron chi connectivity index (χ0n) is 13.6. The SMILES string of the molecule is CCCCCCCCCCCCP(=O)(O)CCCC(=O)O. The Morgan fingerprint density at radius 2 is 1.24 bits per heavy atom. The quantitative estimate of drug-likeness (QED) is 0.327. The molecule has 0 saturated carbocycles. The van der Waals surface area contributed by atoms with Crippen molar-refractivity contribution in [2.75, 3.05) is 12.3 Å². The van der Waals surface area contributed by atoms with Crippen LogP contribution in [0.25, 0.3) is 0 Å². The highest BCUT2D eigenvalue weighted by atomic mass is 31.2. The Hall–Kier alpha value is -0.340. The Bertz CT molecular complexity index is 305. The van der Waals surface area contributed by atoms with E-state index in [1.807, 2.05) is 0 Å². The third kappa shape index (κ3) is 15.9. The Morgan fingerprint density at radius 1 is 0.810 bits per heavy atom. The molecule has 0 radical (unpaired) electrons. The summed E-state index contributed by atoms with van der Waals surface area (Å²) >= 11 is 0. The zero-order valence-corrected chi connectivity index (χ0v) is 14.5. The van der Waals surface area contributed by atoms with Crippen molar-refractivity contribution in [1.82, 2.24) is 0 Å². The lowest BCUT2D eigenvalue weighted by Crippen LogP contribution is -2.00. The van der Waals surface area contributed by atoms with Crippen molar-refractivity contribution in [3.8, 4) is 0 Å². The molecule has 0 bridgehead atoms. The monoisotopic (exact) mass is 320 g/mol. The van der Waals surface area contributed by atoms with E-state index in [0.29, 0.717) is 12.6 Å². The van der Waals surface area contributed by atoms with E-state index in [2.05, 4.69) is 6.92 Å². The molecule has 0 aliphatic rings. The number of aliphatic carboxylic acids is 1. The molecule has 1 unspecified atom stereocenters. The molecular formula is C16H33O4P. The van der Waals surface area contributed by atoms with Gasteiger partial charge >= 0.3 is 5.97 Å². The zero-order chi connectivity index (χ0) is 16.0. The molecule has 0 heterocycles. The molecule has 0 spiro atoms. The number of unbranched alkanes of at least 4 members (excludes halogenated alkanes) is 9. The molecule has 4 nitrogen and oxygen atoms in total. The van der Waals surface area contributed by atoms with Crippen LogP contribution in [0.2, 0.25) is 0 Å². The highest BCUT2D eigenvalue weighted by Gasteiger charge is 2.17. The van der Waals surface area contributed by atoms with Crippen molar-refractivity contribution < 1.29 is 19.4 Å². The van der Waals surface area contributed by atoms with Gasteiger partial charge in [0, 0.05) is 18.7 Å². The fourth-order valence-corrected chi connectivity index (χ4v) is 4.03. The molecule has 0 aromatic carbocycles. The Kier molecular flexibility index (Phi) is 13.1. The van der Waals surface area contributed by atoms with Gasteiger partial charge in [0.15, 0.2) is 0 Å². The van der Waals surface area contributed by atoms with Gasteiger partial charge in [-0.05, 0) is 12.8 Å². The van der Waals surface area contributed by atoms with Crippen LogP contribution in [0.3, 0.4) is 0 Å². The topological polar surface area (TPSA) is 74.6 Å². The van der Waals surface area contributed by atoms with Crippen LogP contribution in [-0.2, 0) is 9.36 Å². The average molecular weight is 320 g/mol. The van der Waals surface area contributed by atoms with Gasteiger partial charge in [0.2, 0.25) is 7.37 Å². The Morgan fingerprint density at radius 3 is 1.71 bits per heavy atom. The lowest BCUT2D eigenvalue weighted by Gasteiger charge is -2.10. The molecule has 0 aliphatic carbocycles. The molecule has 2 N–H and O–H groups in total. The minimum absolute atomic E-state index is 0.0113. The van der Waals surface area contributed by atoms with Crippen LogP contribution in [0.15, 0.2) is 0 Å². The van der Waals surface area contributed by atoms with Gasteiger partial charge in [0.05, 0.1) is 0 Å². The summed E-state index contributed by atoms with van der Waals surface area (Å²) in [6.45, 7) is 2.22.